The highest BCUT2D eigenvalue weighted by Gasteiger charge is 2.25. The summed E-state index contributed by atoms with van der Waals surface area (Å²) in [4.78, 5) is 11.5. The van der Waals surface area contributed by atoms with Gasteiger partial charge in [0.15, 0.2) is 0 Å². The maximum atomic E-state index is 11.5. The molecule has 0 radical (unpaired) electrons. The van der Waals surface area contributed by atoms with E-state index in [0.717, 1.165) is 38.8 Å². The Bertz CT molecular complexity index is 185. The summed E-state index contributed by atoms with van der Waals surface area (Å²) in [6, 6.07) is -0.0335. The fourth-order valence-corrected chi connectivity index (χ4v) is 2.34. The van der Waals surface area contributed by atoms with Crippen LogP contribution in [0.4, 0.5) is 4.79 Å². The molecule has 0 fully saturated rings. The molecular weight excluding hydrogens is 220 g/mol. The first-order valence-electron chi connectivity index (χ1n) is 6.21. The minimum Gasteiger partial charge on any atom is -0.338 e. The highest BCUT2D eigenvalue weighted by atomic mass is 32.2. The molecule has 0 aromatic rings. The standard InChI is InChI=1S/C12H26N2OS/c1-5-8-9-13-11(15)14-10-12(6-2,7-3)16-4/h5-10H2,1-4H3,(H2,13,14,15). The Morgan fingerprint density at radius 3 is 2.25 bits per heavy atom. The highest BCUT2D eigenvalue weighted by molar-refractivity contribution is 8.00. The maximum absolute atomic E-state index is 11.5. The van der Waals surface area contributed by atoms with Crippen molar-refractivity contribution in [2.24, 2.45) is 0 Å². The molecule has 0 aromatic carbocycles. The SMILES string of the molecule is CCCCNC(=O)NCC(CC)(CC)SC. The summed E-state index contributed by atoms with van der Waals surface area (Å²) in [5.74, 6) is 0. The van der Waals surface area contributed by atoms with Crippen molar-refractivity contribution in [1.29, 1.82) is 0 Å². The number of rotatable bonds is 8. The first-order valence-corrected chi connectivity index (χ1v) is 7.43. The summed E-state index contributed by atoms with van der Waals surface area (Å²) >= 11 is 1.85. The van der Waals surface area contributed by atoms with Crippen LogP contribution in [0.5, 0.6) is 0 Å². The van der Waals surface area contributed by atoms with E-state index < -0.39 is 0 Å². The van der Waals surface area contributed by atoms with Crippen molar-refractivity contribution in [3.05, 3.63) is 0 Å². The van der Waals surface area contributed by atoms with Gasteiger partial charge in [-0.05, 0) is 25.5 Å². The average Bonchev–Trinajstić information content (AvgIpc) is 2.32. The smallest absolute Gasteiger partial charge is 0.314 e. The molecular formula is C12H26N2OS. The van der Waals surface area contributed by atoms with Gasteiger partial charge >= 0.3 is 6.03 Å². The molecule has 2 N–H and O–H groups in total. The number of hydrogen-bond acceptors (Lipinski definition) is 2. The van der Waals surface area contributed by atoms with Crippen molar-refractivity contribution in [3.8, 4) is 0 Å². The topological polar surface area (TPSA) is 41.1 Å². The molecule has 0 aliphatic rings. The molecule has 0 bridgehead atoms. The Hall–Kier alpha value is -0.380. The van der Waals surface area contributed by atoms with Crippen LogP contribution in [0, 0.1) is 0 Å². The molecule has 3 nitrogen and oxygen atoms in total. The summed E-state index contributed by atoms with van der Waals surface area (Å²) in [5, 5.41) is 5.83. The lowest BCUT2D eigenvalue weighted by molar-refractivity contribution is 0.239. The number of hydrogen-bond donors (Lipinski definition) is 2. The van der Waals surface area contributed by atoms with Gasteiger partial charge in [-0.25, -0.2) is 4.79 Å². The monoisotopic (exact) mass is 246 g/mol. The molecule has 4 heteroatoms. The first-order chi connectivity index (χ1) is 7.64. The Balaban J connectivity index is 3.87. The number of urea groups is 1. The van der Waals surface area contributed by atoms with Gasteiger partial charge < -0.3 is 10.6 Å². The van der Waals surface area contributed by atoms with Crippen molar-refractivity contribution < 1.29 is 4.79 Å². The van der Waals surface area contributed by atoms with Gasteiger partial charge in [0.1, 0.15) is 0 Å². The molecule has 0 rings (SSSR count). The molecule has 0 unspecified atom stereocenters. The summed E-state index contributed by atoms with van der Waals surface area (Å²) in [6.45, 7) is 7.99. The fraction of sp³-hybridized carbons (Fsp3) is 0.917. The number of carbonyl (C=O) groups is 1. The van der Waals surface area contributed by atoms with Gasteiger partial charge in [-0.1, -0.05) is 27.2 Å². The number of unbranched alkanes of at least 4 members (excludes halogenated alkanes) is 1. The Morgan fingerprint density at radius 1 is 1.19 bits per heavy atom. The zero-order valence-corrected chi connectivity index (χ0v) is 11.9. The van der Waals surface area contributed by atoms with E-state index in [9.17, 15) is 4.79 Å². The van der Waals surface area contributed by atoms with Crippen LogP contribution in [-0.4, -0.2) is 30.1 Å². The molecule has 2 amide bonds. The number of amides is 2. The average molecular weight is 246 g/mol. The molecule has 0 saturated heterocycles. The minimum absolute atomic E-state index is 0.0335. The van der Waals surface area contributed by atoms with E-state index in [1.807, 2.05) is 11.8 Å². The third kappa shape index (κ3) is 5.64. The van der Waals surface area contributed by atoms with Crippen LogP contribution in [0.3, 0.4) is 0 Å². The Kier molecular flexibility index (Phi) is 8.53. The summed E-state index contributed by atoms with van der Waals surface area (Å²) in [6.07, 6.45) is 6.44. The molecule has 0 aromatic heterocycles. The molecule has 0 atom stereocenters. The van der Waals surface area contributed by atoms with E-state index in [1.165, 1.54) is 0 Å². The predicted molar refractivity (Wildman–Crippen MR) is 73.1 cm³/mol. The van der Waals surface area contributed by atoms with Gasteiger partial charge in [0, 0.05) is 17.8 Å². The third-order valence-corrected chi connectivity index (χ3v) is 4.70. The van der Waals surface area contributed by atoms with E-state index in [4.69, 9.17) is 0 Å². The predicted octanol–water partition coefficient (Wildman–Crippen LogP) is 3.01. The summed E-state index contributed by atoms with van der Waals surface area (Å²) in [5.41, 5.74) is 0. The van der Waals surface area contributed by atoms with Gasteiger partial charge in [0.05, 0.1) is 0 Å². The van der Waals surface area contributed by atoms with E-state index >= 15 is 0 Å². The van der Waals surface area contributed by atoms with Crippen LogP contribution >= 0.6 is 11.8 Å². The van der Waals surface area contributed by atoms with Crippen LogP contribution in [0.25, 0.3) is 0 Å². The lowest BCUT2D eigenvalue weighted by Gasteiger charge is -2.29. The number of nitrogens with one attached hydrogen (secondary N) is 2. The normalized spacial score (nSPS) is 11.2. The van der Waals surface area contributed by atoms with E-state index in [0.29, 0.717) is 0 Å². The fourth-order valence-electron chi connectivity index (χ4n) is 1.54. The quantitative estimate of drug-likeness (QED) is 0.646. The molecule has 0 saturated carbocycles. The van der Waals surface area contributed by atoms with Gasteiger partial charge in [0.2, 0.25) is 0 Å². The highest BCUT2D eigenvalue weighted by Crippen LogP contribution is 2.29. The van der Waals surface area contributed by atoms with Gasteiger partial charge in [0.25, 0.3) is 0 Å². The second-order valence-corrected chi connectivity index (χ2v) is 5.33. The van der Waals surface area contributed by atoms with E-state index in [1.54, 1.807) is 0 Å². The summed E-state index contributed by atoms with van der Waals surface area (Å²) < 4.78 is 0.197. The lowest BCUT2D eigenvalue weighted by Crippen LogP contribution is -2.44. The number of thioether (sulfide) groups is 1. The largest absolute Gasteiger partial charge is 0.338 e. The zero-order chi connectivity index (χ0) is 12.4. The summed E-state index contributed by atoms with van der Waals surface area (Å²) in [7, 11) is 0. The van der Waals surface area contributed by atoms with Crippen molar-refractivity contribution >= 4 is 17.8 Å². The zero-order valence-electron chi connectivity index (χ0n) is 11.1. The molecule has 0 spiro atoms. The van der Waals surface area contributed by atoms with Crippen LogP contribution in [0.1, 0.15) is 46.5 Å². The Morgan fingerprint density at radius 2 is 1.81 bits per heavy atom. The third-order valence-electron chi connectivity index (χ3n) is 3.11. The van der Waals surface area contributed by atoms with Crippen LogP contribution in [-0.2, 0) is 0 Å². The van der Waals surface area contributed by atoms with Crippen molar-refractivity contribution in [1.82, 2.24) is 10.6 Å². The second-order valence-electron chi connectivity index (χ2n) is 4.06. The Labute approximate surface area is 104 Å². The van der Waals surface area contributed by atoms with E-state index in [-0.39, 0.29) is 10.8 Å². The first kappa shape index (κ1) is 15.6. The van der Waals surface area contributed by atoms with Gasteiger partial charge in [-0.15, -0.1) is 0 Å². The van der Waals surface area contributed by atoms with Gasteiger partial charge in [-0.3, -0.25) is 0 Å². The van der Waals surface area contributed by atoms with Crippen molar-refractivity contribution in [2.45, 2.75) is 51.2 Å². The number of carbonyl (C=O) groups excluding carboxylic acids is 1. The molecule has 16 heavy (non-hydrogen) atoms. The lowest BCUT2D eigenvalue weighted by atomic mass is 10.0. The van der Waals surface area contributed by atoms with Crippen molar-refractivity contribution in [3.63, 3.8) is 0 Å². The maximum Gasteiger partial charge on any atom is 0.314 e. The van der Waals surface area contributed by atoms with Crippen LogP contribution in [0.15, 0.2) is 0 Å². The molecule has 0 aliphatic heterocycles. The van der Waals surface area contributed by atoms with Crippen molar-refractivity contribution in [2.75, 3.05) is 19.3 Å². The second kappa shape index (κ2) is 8.74. The van der Waals surface area contributed by atoms with Gasteiger partial charge in [-0.2, -0.15) is 11.8 Å². The molecule has 0 aliphatic carbocycles. The van der Waals surface area contributed by atoms with Crippen LogP contribution < -0.4 is 10.6 Å². The minimum atomic E-state index is -0.0335. The van der Waals surface area contributed by atoms with E-state index in [2.05, 4.69) is 37.7 Å². The molecule has 0 heterocycles. The molecule has 96 valence electrons. The van der Waals surface area contributed by atoms with Crippen LogP contribution in [0.2, 0.25) is 0 Å².